The smallest absolute Gasteiger partial charge is 0.128 e. The zero-order valence-electron chi connectivity index (χ0n) is 9.93. The van der Waals surface area contributed by atoms with E-state index in [1.54, 1.807) is 0 Å². The highest BCUT2D eigenvalue weighted by atomic mass is 15.2. The maximum absolute atomic E-state index is 6.08. The summed E-state index contributed by atoms with van der Waals surface area (Å²) in [5, 5.41) is 0. The molecule has 0 amide bonds. The highest BCUT2D eigenvalue weighted by Gasteiger charge is 2.18. The Morgan fingerprint density at radius 1 is 1.29 bits per heavy atom. The summed E-state index contributed by atoms with van der Waals surface area (Å²) in [6.45, 7) is 4.85. The van der Waals surface area contributed by atoms with E-state index < -0.39 is 0 Å². The van der Waals surface area contributed by atoms with Gasteiger partial charge in [-0.05, 0) is 24.6 Å². The Hall–Kier alpha value is -1.97. The molecule has 4 nitrogen and oxygen atoms in total. The first kappa shape index (κ1) is 10.2. The van der Waals surface area contributed by atoms with Crippen LogP contribution in [0.3, 0.4) is 0 Å². The predicted molar refractivity (Wildman–Crippen MR) is 68.9 cm³/mol. The number of fused-ring (bicyclic) bond motifs is 1. The highest BCUT2D eigenvalue weighted by molar-refractivity contribution is 5.68. The lowest BCUT2D eigenvalue weighted by atomic mass is 10.1. The van der Waals surface area contributed by atoms with Crippen LogP contribution in [0.4, 0.5) is 11.4 Å². The number of nitrogens with zero attached hydrogens (tertiary/aromatic N) is 3. The molecule has 0 aliphatic carbocycles. The van der Waals surface area contributed by atoms with Crippen molar-refractivity contribution in [2.24, 2.45) is 0 Å². The summed E-state index contributed by atoms with van der Waals surface area (Å²) < 4.78 is 2.20. The molecule has 2 N–H and O–H groups in total. The number of hydrogen-bond acceptors (Lipinski definition) is 3. The van der Waals surface area contributed by atoms with E-state index in [1.165, 1.54) is 5.56 Å². The van der Waals surface area contributed by atoms with Gasteiger partial charge in [0.1, 0.15) is 5.82 Å². The minimum absolute atomic E-state index is 0.834. The molecule has 1 aliphatic rings. The molecule has 2 aromatic rings. The number of nitrogens with two attached hydrogens (primary N) is 1. The minimum atomic E-state index is 0.834. The molecule has 2 heterocycles. The number of anilines is 2. The lowest BCUT2D eigenvalue weighted by Crippen LogP contribution is -2.34. The summed E-state index contributed by atoms with van der Waals surface area (Å²) in [6.07, 6.45) is 3.89. The van der Waals surface area contributed by atoms with Gasteiger partial charge < -0.3 is 15.2 Å². The second kappa shape index (κ2) is 3.80. The fourth-order valence-electron chi connectivity index (χ4n) is 2.34. The molecule has 0 spiro atoms. The Kier molecular flexibility index (Phi) is 2.28. The lowest BCUT2D eigenvalue weighted by molar-refractivity contribution is 0.560. The van der Waals surface area contributed by atoms with Gasteiger partial charge >= 0.3 is 0 Å². The van der Waals surface area contributed by atoms with Crippen LogP contribution in [0.2, 0.25) is 0 Å². The summed E-state index contributed by atoms with van der Waals surface area (Å²) in [5.74, 6) is 1.11. The number of rotatable bonds is 1. The second-order valence-electron chi connectivity index (χ2n) is 4.52. The zero-order valence-corrected chi connectivity index (χ0v) is 9.93. The van der Waals surface area contributed by atoms with E-state index in [4.69, 9.17) is 5.73 Å². The molecule has 88 valence electrons. The lowest BCUT2D eigenvalue weighted by Gasteiger charge is -2.30. The first-order valence-corrected chi connectivity index (χ1v) is 5.85. The maximum atomic E-state index is 6.08. The second-order valence-corrected chi connectivity index (χ2v) is 4.52. The van der Waals surface area contributed by atoms with Gasteiger partial charge in [-0.3, -0.25) is 0 Å². The van der Waals surface area contributed by atoms with Crippen molar-refractivity contribution < 1.29 is 0 Å². The van der Waals surface area contributed by atoms with Crippen molar-refractivity contribution in [1.82, 2.24) is 9.55 Å². The van der Waals surface area contributed by atoms with Gasteiger partial charge in [-0.15, -0.1) is 0 Å². The Bertz CT molecular complexity index is 544. The van der Waals surface area contributed by atoms with Crippen molar-refractivity contribution in [2.45, 2.75) is 20.0 Å². The van der Waals surface area contributed by atoms with Crippen LogP contribution in [-0.4, -0.2) is 16.1 Å². The van der Waals surface area contributed by atoms with Gasteiger partial charge in [0.2, 0.25) is 0 Å². The van der Waals surface area contributed by atoms with E-state index in [2.05, 4.69) is 33.5 Å². The Balaban J connectivity index is 1.91. The van der Waals surface area contributed by atoms with Crippen LogP contribution < -0.4 is 10.6 Å². The molecule has 0 saturated carbocycles. The van der Waals surface area contributed by atoms with Gasteiger partial charge in [0, 0.05) is 25.5 Å². The topological polar surface area (TPSA) is 47.1 Å². The van der Waals surface area contributed by atoms with E-state index in [-0.39, 0.29) is 0 Å². The van der Waals surface area contributed by atoms with Crippen LogP contribution >= 0.6 is 0 Å². The van der Waals surface area contributed by atoms with Crippen molar-refractivity contribution >= 4 is 11.4 Å². The van der Waals surface area contributed by atoms with Gasteiger partial charge in [-0.2, -0.15) is 0 Å². The predicted octanol–water partition coefficient (Wildman–Crippen LogP) is 1.79. The van der Waals surface area contributed by atoms with Crippen LogP contribution in [-0.2, 0) is 13.1 Å². The summed E-state index contributed by atoms with van der Waals surface area (Å²) in [5.41, 5.74) is 9.24. The van der Waals surface area contributed by atoms with Crippen molar-refractivity contribution in [3.63, 3.8) is 0 Å². The van der Waals surface area contributed by atoms with Crippen LogP contribution in [0.1, 0.15) is 11.4 Å². The van der Waals surface area contributed by atoms with Crippen molar-refractivity contribution in [3.05, 3.63) is 42.0 Å². The van der Waals surface area contributed by atoms with Gasteiger partial charge in [-0.25, -0.2) is 4.98 Å². The number of imidazole rings is 1. The van der Waals surface area contributed by atoms with E-state index >= 15 is 0 Å². The maximum Gasteiger partial charge on any atom is 0.128 e. The van der Waals surface area contributed by atoms with Crippen molar-refractivity contribution in [1.29, 1.82) is 0 Å². The average Bonchev–Trinajstić information content (AvgIpc) is 2.75. The van der Waals surface area contributed by atoms with Crippen LogP contribution in [0, 0.1) is 6.92 Å². The van der Waals surface area contributed by atoms with Crippen LogP contribution in [0.15, 0.2) is 30.6 Å². The van der Waals surface area contributed by atoms with Crippen LogP contribution in [0.5, 0.6) is 0 Å². The first-order chi connectivity index (χ1) is 8.24. The van der Waals surface area contributed by atoms with Crippen LogP contribution in [0.25, 0.3) is 0 Å². The Morgan fingerprint density at radius 2 is 2.18 bits per heavy atom. The molecule has 0 bridgehead atoms. The van der Waals surface area contributed by atoms with E-state index in [9.17, 15) is 0 Å². The molecule has 0 atom stereocenters. The number of aryl methyl sites for hydroxylation is 1. The molecule has 3 rings (SSSR count). The average molecular weight is 228 g/mol. The minimum Gasteiger partial charge on any atom is -0.397 e. The van der Waals surface area contributed by atoms with Gasteiger partial charge in [0.15, 0.2) is 0 Å². The summed E-state index contributed by atoms with van der Waals surface area (Å²) in [7, 11) is 0. The monoisotopic (exact) mass is 228 g/mol. The summed E-state index contributed by atoms with van der Waals surface area (Å²) in [4.78, 5) is 6.65. The summed E-state index contributed by atoms with van der Waals surface area (Å²) in [6, 6.07) is 6.23. The largest absolute Gasteiger partial charge is 0.397 e. The van der Waals surface area contributed by atoms with E-state index in [1.807, 2.05) is 18.5 Å². The standard InChI is InChI=1S/C13H16N4/c1-10-2-3-12(11(14)8-10)17-7-6-16-5-4-15-13(16)9-17/h2-5,8H,6-7,9,14H2,1H3. The van der Waals surface area contributed by atoms with E-state index in [0.717, 1.165) is 36.8 Å². The normalized spacial score (nSPS) is 14.8. The molecular formula is C13H16N4. The Labute approximate surface area is 101 Å². The van der Waals surface area contributed by atoms with Gasteiger partial charge in [0.05, 0.1) is 17.9 Å². The van der Waals surface area contributed by atoms with Gasteiger partial charge in [0.25, 0.3) is 0 Å². The number of aromatic nitrogens is 2. The fourth-order valence-corrected chi connectivity index (χ4v) is 2.34. The highest BCUT2D eigenvalue weighted by Crippen LogP contribution is 2.27. The fraction of sp³-hybridized carbons (Fsp3) is 0.308. The molecule has 0 radical (unpaired) electrons. The number of hydrogen-bond donors (Lipinski definition) is 1. The third-order valence-corrected chi connectivity index (χ3v) is 3.27. The Morgan fingerprint density at radius 3 is 3.00 bits per heavy atom. The number of benzene rings is 1. The number of nitrogen functional groups attached to an aromatic ring is 1. The molecule has 4 heteroatoms. The molecular weight excluding hydrogens is 212 g/mol. The quantitative estimate of drug-likeness (QED) is 0.757. The molecule has 1 aliphatic heterocycles. The third kappa shape index (κ3) is 1.75. The third-order valence-electron chi connectivity index (χ3n) is 3.27. The summed E-state index contributed by atoms with van der Waals surface area (Å²) >= 11 is 0. The molecule has 0 fully saturated rings. The van der Waals surface area contributed by atoms with Crippen molar-refractivity contribution in [2.75, 3.05) is 17.2 Å². The first-order valence-electron chi connectivity index (χ1n) is 5.85. The molecule has 1 aromatic heterocycles. The zero-order chi connectivity index (χ0) is 11.8. The molecule has 0 unspecified atom stereocenters. The molecule has 0 saturated heterocycles. The van der Waals surface area contributed by atoms with Gasteiger partial charge in [-0.1, -0.05) is 6.07 Å². The van der Waals surface area contributed by atoms with E-state index in [0.29, 0.717) is 0 Å². The molecule has 17 heavy (non-hydrogen) atoms. The molecule has 1 aromatic carbocycles. The van der Waals surface area contributed by atoms with Crippen molar-refractivity contribution in [3.8, 4) is 0 Å². The SMILES string of the molecule is Cc1ccc(N2CCn3ccnc3C2)c(N)c1.